The third kappa shape index (κ3) is 10.4. The van der Waals surface area contributed by atoms with Crippen molar-refractivity contribution in [3.8, 4) is 0 Å². The molecule has 29 heavy (non-hydrogen) atoms. The van der Waals surface area contributed by atoms with E-state index in [1.807, 2.05) is 18.9 Å². The Bertz CT molecular complexity index is 693. The zero-order chi connectivity index (χ0) is 22.6. The van der Waals surface area contributed by atoms with Crippen molar-refractivity contribution >= 4 is 29.2 Å². The Morgan fingerprint density at radius 2 is 1.62 bits per heavy atom. The number of alkyl halides is 3. The molecule has 0 bridgehead atoms. The van der Waals surface area contributed by atoms with Gasteiger partial charge in [0.25, 0.3) is 0 Å². The van der Waals surface area contributed by atoms with Crippen LogP contribution in [0.2, 0.25) is 0 Å². The first-order chi connectivity index (χ1) is 13.4. The summed E-state index contributed by atoms with van der Waals surface area (Å²) in [6, 6.07) is 5.05. The number of nitrogens with zero attached hydrogens (tertiary/aromatic N) is 1. The molecule has 3 N–H and O–H groups in total. The molecule has 0 spiro atoms. The minimum Gasteiger partial charge on any atom is -0.478 e. The Labute approximate surface area is 167 Å². The van der Waals surface area contributed by atoms with Crippen molar-refractivity contribution in [1.82, 2.24) is 0 Å². The fourth-order valence-corrected chi connectivity index (χ4v) is 2.19. The van der Waals surface area contributed by atoms with E-state index in [-0.39, 0.29) is 11.5 Å². The number of benzene rings is 1. The molecule has 1 aromatic rings. The number of hydrogen-bond donors (Lipinski definition) is 3. The molecule has 0 fully saturated rings. The summed E-state index contributed by atoms with van der Waals surface area (Å²) < 4.78 is 31.7. The molecule has 7 nitrogen and oxygen atoms in total. The normalized spacial score (nSPS) is 10.6. The van der Waals surface area contributed by atoms with Crippen molar-refractivity contribution in [1.29, 1.82) is 0 Å². The number of amides is 1. The number of unbranched alkanes of at least 4 members (excludes halogenated alkanes) is 2. The molecule has 0 aliphatic heterocycles. The highest BCUT2D eigenvalue weighted by molar-refractivity contribution is 5.98. The number of carbonyl (C=O) groups is 3. The van der Waals surface area contributed by atoms with Crippen LogP contribution in [-0.4, -0.2) is 47.8 Å². The summed E-state index contributed by atoms with van der Waals surface area (Å²) in [6.45, 7) is 4.93. The Kier molecular flexibility index (Phi) is 11.4. The SMILES string of the molecule is CCCCC(=O)Nc1ccc(N(C)CCCC)c(C(=O)O)c1.O=C(O)C(F)(F)F. The number of carboxylic acid groups (broad SMARTS) is 2. The van der Waals surface area contributed by atoms with Crippen molar-refractivity contribution in [3.63, 3.8) is 0 Å². The Balaban J connectivity index is 0.000000956. The molecule has 1 rings (SSSR count). The van der Waals surface area contributed by atoms with Crippen molar-refractivity contribution in [2.75, 3.05) is 23.8 Å². The molecule has 0 radical (unpaired) electrons. The average Bonchev–Trinajstić information content (AvgIpc) is 2.64. The minimum absolute atomic E-state index is 0.0784. The molecule has 0 saturated carbocycles. The highest BCUT2D eigenvalue weighted by atomic mass is 19.4. The molecule has 0 saturated heterocycles. The molecule has 0 heterocycles. The van der Waals surface area contributed by atoms with Gasteiger partial charge in [0, 0.05) is 25.7 Å². The lowest BCUT2D eigenvalue weighted by Crippen LogP contribution is -2.21. The fraction of sp³-hybridized carbons (Fsp3) is 0.526. The first kappa shape index (κ1) is 26.2. The number of halogens is 3. The lowest BCUT2D eigenvalue weighted by molar-refractivity contribution is -0.192. The summed E-state index contributed by atoms with van der Waals surface area (Å²) >= 11 is 0. The number of nitrogens with one attached hydrogen (secondary N) is 1. The largest absolute Gasteiger partial charge is 0.490 e. The van der Waals surface area contributed by atoms with E-state index in [9.17, 15) is 27.9 Å². The Hall–Kier alpha value is -2.78. The van der Waals surface area contributed by atoms with Crippen LogP contribution in [0.5, 0.6) is 0 Å². The monoisotopic (exact) mass is 420 g/mol. The fourth-order valence-electron chi connectivity index (χ4n) is 2.19. The summed E-state index contributed by atoms with van der Waals surface area (Å²) in [6.07, 6.45) is -0.787. The lowest BCUT2D eigenvalue weighted by Gasteiger charge is -2.21. The standard InChI is InChI=1S/C17H26N2O3.C2HF3O2/c1-4-6-8-16(20)18-13-9-10-15(14(12-13)17(21)22)19(3)11-7-5-2;3-2(4,5)1(6)7/h9-10,12H,4-8,11H2,1-3H3,(H,18,20)(H,21,22);(H,6,7). The van der Waals surface area contributed by atoms with E-state index in [0.29, 0.717) is 17.8 Å². The van der Waals surface area contributed by atoms with Crippen LogP contribution >= 0.6 is 0 Å². The van der Waals surface area contributed by atoms with Crippen LogP contribution in [0.3, 0.4) is 0 Å². The van der Waals surface area contributed by atoms with Crippen LogP contribution in [0.25, 0.3) is 0 Å². The summed E-state index contributed by atoms with van der Waals surface area (Å²) in [5, 5.41) is 19.3. The smallest absolute Gasteiger partial charge is 0.478 e. The van der Waals surface area contributed by atoms with Gasteiger partial charge in [-0.2, -0.15) is 13.2 Å². The van der Waals surface area contributed by atoms with Gasteiger partial charge < -0.3 is 20.4 Å². The van der Waals surface area contributed by atoms with Gasteiger partial charge in [0.2, 0.25) is 5.91 Å². The quantitative estimate of drug-likeness (QED) is 0.547. The summed E-state index contributed by atoms with van der Waals surface area (Å²) in [7, 11) is 1.89. The van der Waals surface area contributed by atoms with Gasteiger partial charge in [0.05, 0.1) is 11.3 Å². The minimum atomic E-state index is -5.08. The Morgan fingerprint density at radius 1 is 1.07 bits per heavy atom. The molecule has 0 unspecified atom stereocenters. The number of anilines is 2. The van der Waals surface area contributed by atoms with Crippen molar-refractivity contribution in [2.24, 2.45) is 0 Å². The molecule has 0 atom stereocenters. The van der Waals surface area contributed by atoms with Crippen molar-refractivity contribution in [2.45, 2.75) is 52.1 Å². The van der Waals surface area contributed by atoms with Crippen LogP contribution in [0, 0.1) is 0 Å². The van der Waals surface area contributed by atoms with Gasteiger partial charge in [-0.15, -0.1) is 0 Å². The van der Waals surface area contributed by atoms with E-state index in [1.165, 1.54) is 6.07 Å². The van der Waals surface area contributed by atoms with Crippen LogP contribution in [-0.2, 0) is 9.59 Å². The van der Waals surface area contributed by atoms with Gasteiger partial charge in [-0.05, 0) is 31.0 Å². The van der Waals surface area contributed by atoms with E-state index < -0.39 is 18.1 Å². The van der Waals surface area contributed by atoms with E-state index in [0.717, 1.165) is 32.2 Å². The van der Waals surface area contributed by atoms with Gasteiger partial charge in [0.1, 0.15) is 0 Å². The van der Waals surface area contributed by atoms with Gasteiger partial charge >= 0.3 is 18.1 Å². The highest BCUT2D eigenvalue weighted by Crippen LogP contribution is 2.24. The average molecular weight is 420 g/mol. The maximum Gasteiger partial charge on any atom is 0.490 e. The third-order valence-corrected chi connectivity index (χ3v) is 3.77. The molecular weight excluding hydrogens is 393 g/mol. The van der Waals surface area contributed by atoms with Crippen LogP contribution in [0.1, 0.15) is 56.3 Å². The zero-order valence-electron chi connectivity index (χ0n) is 16.7. The number of rotatable bonds is 9. The molecule has 164 valence electrons. The third-order valence-electron chi connectivity index (χ3n) is 3.77. The van der Waals surface area contributed by atoms with E-state index in [1.54, 1.807) is 12.1 Å². The molecule has 0 aliphatic rings. The predicted octanol–water partition coefficient (Wildman–Crippen LogP) is 4.38. The number of carboxylic acids is 2. The molecule has 1 aromatic carbocycles. The van der Waals surface area contributed by atoms with Gasteiger partial charge in [0.15, 0.2) is 0 Å². The van der Waals surface area contributed by atoms with Crippen molar-refractivity contribution < 1.29 is 37.8 Å². The molecule has 0 aromatic heterocycles. The first-order valence-electron chi connectivity index (χ1n) is 9.12. The summed E-state index contributed by atoms with van der Waals surface area (Å²) in [5.41, 5.74) is 1.42. The molecular formula is C19H27F3N2O5. The van der Waals surface area contributed by atoms with Crippen LogP contribution < -0.4 is 10.2 Å². The van der Waals surface area contributed by atoms with E-state index >= 15 is 0 Å². The second-order valence-electron chi connectivity index (χ2n) is 6.27. The number of aliphatic carboxylic acids is 1. The second-order valence-corrected chi connectivity index (χ2v) is 6.27. The molecule has 10 heteroatoms. The number of carbonyl (C=O) groups excluding carboxylic acids is 1. The van der Waals surface area contributed by atoms with E-state index in [4.69, 9.17) is 9.90 Å². The van der Waals surface area contributed by atoms with Gasteiger partial charge in [-0.25, -0.2) is 9.59 Å². The van der Waals surface area contributed by atoms with Gasteiger partial charge in [-0.1, -0.05) is 26.7 Å². The van der Waals surface area contributed by atoms with Crippen LogP contribution in [0.15, 0.2) is 18.2 Å². The first-order valence-corrected chi connectivity index (χ1v) is 9.12. The highest BCUT2D eigenvalue weighted by Gasteiger charge is 2.38. The lowest BCUT2D eigenvalue weighted by atomic mass is 10.1. The summed E-state index contributed by atoms with van der Waals surface area (Å²) in [4.78, 5) is 34.1. The number of hydrogen-bond acceptors (Lipinski definition) is 4. The van der Waals surface area contributed by atoms with Crippen LogP contribution in [0.4, 0.5) is 24.5 Å². The molecule has 1 amide bonds. The summed E-state index contributed by atoms with van der Waals surface area (Å²) in [5.74, 6) is -3.82. The maximum atomic E-state index is 11.7. The number of aromatic carboxylic acids is 1. The zero-order valence-corrected chi connectivity index (χ0v) is 16.7. The van der Waals surface area contributed by atoms with Gasteiger partial charge in [-0.3, -0.25) is 4.79 Å². The topological polar surface area (TPSA) is 107 Å². The van der Waals surface area contributed by atoms with Crippen molar-refractivity contribution in [3.05, 3.63) is 23.8 Å². The maximum absolute atomic E-state index is 11.7. The second kappa shape index (κ2) is 12.6. The predicted molar refractivity (Wildman–Crippen MR) is 103 cm³/mol. The molecule has 0 aliphatic carbocycles. The van der Waals surface area contributed by atoms with E-state index in [2.05, 4.69) is 12.2 Å². The Morgan fingerprint density at radius 3 is 2.07 bits per heavy atom.